The van der Waals surface area contributed by atoms with Gasteiger partial charge in [-0.2, -0.15) is 5.10 Å². The van der Waals surface area contributed by atoms with Crippen LogP contribution in [0.25, 0.3) is 0 Å². The highest BCUT2D eigenvalue weighted by atomic mass is 127. The summed E-state index contributed by atoms with van der Waals surface area (Å²) in [5, 5.41) is 7.58. The highest BCUT2D eigenvalue weighted by Crippen LogP contribution is 2.16. The Kier molecular flexibility index (Phi) is 7.94. The Morgan fingerprint density at radius 3 is 2.70 bits per heavy atom. The number of guanidine groups is 1. The van der Waals surface area contributed by atoms with Crippen molar-refractivity contribution in [1.29, 1.82) is 0 Å². The van der Waals surface area contributed by atoms with Crippen LogP contribution >= 0.6 is 24.0 Å². The van der Waals surface area contributed by atoms with E-state index in [-0.39, 0.29) is 24.0 Å². The second-order valence-electron chi connectivity index (χ2n) is 5.38. The molecule has 0 aliphatic heterocycles. The molecule has 3 N–H and O–H groups in total. The minimum atomic E-state index is 0. The van der Waals surface area contributed by atoms with Crippen molar-refractivity contribution in [3.05, 3.63) is 18.0 Å². The lowest BCUT2D eigenvalue weighted by Crippen LogP contribution is -2.40. The molecule has 1 aromatic heterocycles. The molecule has 0 amide bonds. The number of rotatable bonds is 4. The molecule has 0 radical (unpaired) electrons. The quantitative estimate of drug-likeness (QED) is 0.359. The number of aliphatic imine (C=N–C) groups is 1. The van der Waals surface area contributed by atoms with Crippen molar-refractivity contribution in [3.8, 4) is 0 Å². The molecule has 1 saturated carbocycles. The summed E-state index contributed by atoms with van der Waals surface area (Å²) in [6, 6.07) is 0.512. The molecule has 0 bridgehead atoms. The van der Waals surface area contributed by atoms with Crippen LogP contribution in [-0.4, -0.2) is 28.3 Å². The van der Waals surface area contributed by atoms with Gasteiger partial charge in [0, 0.05) is 12.2 Å². The number of nitrogens with one attached hydrogen (secondary N) is 1. The monoisotopic (exact) mass is 391 g/mol. The van der Waals surface area contributed by atoms with Crippen LogP contribution in [0.15, 0.2) is 17.4 Å². The molecule has 1 aliphatic rings. The van der Waals surface area contributed by atoms with Crippen LogP contribution in [0, 0.1) is 6.92 Å². The summed E-state index contributed by atoms with van der Waals surface area (Å²) in [4.78, 5) is 4.38. The molecule has 1 aromatic rings. The van der Waals surface area contributed by atoms with Crippen LogP contribution in [0.2, 0.25) is 0 Å². The van der Waals surface area contributed by atoms with E-state index in [0.29, 0.717) is 18.5 Å². The summed E-state index contributed by atoms with van der Waals surface area (Å²) in [5.74, 6) is 0.579. The maximum absolute atomic E-state index is 5.93. The van der Waals surface area contributed by atoms with Crippen molar-refractivity contribution in [3.63, 3.8) is 0 Å². The van der Waals surface area contributed by atoms with Crippen molar-refractivity contribution in [2.75, 3.05) is 6.54 Å². The summed E-state index contributed by atoms with van der Waals surface area (Å²) < 4.78 is 1.90. The Hall–Kier alpha value is -0.790. The molecule has 114 valence electrons. The molecule has 1 fully saturated rings. The first kappa shape index (κ1) is 17.3. The third-order valence-corrected chi connectivity index (χ3v) is 3.58. The van der Waals surface area contributed by atoms with Gasteiger partial charge in [0.25, 0.3) is 0 Å². The van der Waals surface area contributed by atoms with Gasteiger partial charge in [-0.3, -0.25) is 9.67 Å². The van der Waals surface area contributed by atoms with Gasteiger partial charge in [0.05, 0.1) is 19.3 Å². The number of hydrogen-bond donors (Lipinski definition) is 2. The largest absolute Gasteiger partial charge is 0.370 e. The van der Waals surface area contributed by atoms with Crippen LogP contribution in [-0.2, 0) is 6.54 Å². The number of aromatic nitrogens is 2. The lowest BCUT2D eigenvalue weighted by Gasteiger charge is -2.16. The fourth-order valence-corrected chi connectivity index (χ4v) is 2.54. The molecular formula is C14H26IN5. The van der Waals surface area contributed by atoms with Crippen molar-refractivity contribution in [2.45, 2.75) is 58.0 Å². The van der Waals surface area contributed by atoms with E-state index in [0.717, 1.165) is 6.54 Å². The van der Waals surface area contributed by atoms with Crippen LogP contribution in [0.4, 0.5) is 0 Å². The Morgan fingerprint density at radius 2 is 2.10 bits per heavy atom. The lowest BCUT2D eigenvalue weighted by atomic mass is 10.1. The van der Waals surface area contributed by atoms with E-state index in [2.05, 4.69) is 15.4 Å². The van der Waals surface area contributed by atoms with Crippen LogP contribution in [0.5, 0.6) is 0 Å². The maximum atomic E-state index is 5.93. The number of halogens is 1. The average molecular weight is 391 g/mol. The van der Waals surface area contributed by atoms with Gasteiger partial charge in [-0.05, 0) is 25.3 Å². The predicted octanol–water partition coefficient (Wildman–Crippen LogP) is 2.44. The molecule has 0 unspecified atom stereocenters. The third-order valence-electron chi connectivity index (χ3n) is 3.58. The molecule has 2 rings (SSSR count). The topological polar surface area (TPSA) is 68.2 Å². The zero-order valence-corrected chi connectivity index (χ0v) is 14.5. The fourth-order valence-electron chi connectivity index (χ4n) is 2.54. The summed E-state index contributed by atoms with van der Waals surface area (Å²) in [7, 11) is 0. The smallest absolute Gasteiger partial charge is 0.188 e. The molecule has 0 aromatic carbocycles. The van der Waals surface area contributed by atoms with E-state index in [1.54, 1.807) is 0 Å². The van der Waals surface area contributed by atoms with E-state index in [4.69, 9.17) is 5.73 Å². The molecule has 0 spiro atoms. The van der Waals surface area contributed by atoms with Gasteiger partial charge < -0.3 is 11.1 Å². The zero-order valence-electron chi connectivity index (χ0n) is 12.2. The standard InChI is InChI=1S/C14H25N5.HI/c1-12-10-17-19(11-12)9-8-16-14(15)18-13-6-4-2-3-5-7-13;/h10-11,13H,2-9H2,1H3,(H3,15,16,18);1H. The molecule has 1 heterocycles. The van der Waals surface area contributed by atoms with Gasteiger partial charge in [-0.1, -0.05) is 25.7 Å². The van der Waals surface area contributed by atoms with Crippen molar-refractivity contribution < 1.29 is 0 Å². The van der Waals surface area contributed by atoms with Crippen LogP contribution < -0.4 is 11.1 Å². The summed E-state index contributed by atoms with van der Waals surface area (Å²) in [6.07, 6.45) is 11.6. The zero-order chi connectivity index (χ0) is 13.5. The second kappa shape index (κ2) is 9.20. The average Bonchev–Trinajstić information content (AvgIpc) is 2.63. The van der Waals surface area contributed by atoms with E-state index >= 15 is 0 Å². The molecule has 0 saturated heterocycles. The molecule has 1 aliphatic carbocycles. The van der Waals surface area contributed by atoms with Gasteiger partial charge in [-0.15, -0.1) is 24.0 Å². The minimum Gasteiger partial charge on any atom is -0.370 e. The van der Waals surface area contributed by atoms with Gasteiger partial charge >= 0.3 is 0 Å². The Labute approximate surface area is 138 Å². The normalized spacial score (nSPS) is 17.4. The molecule has 6 heteroatoms. The lowest BCUT2D eigenvalue weighted by molar-refractivity contribution is 0.529. The molecular weight excluding hydrogens is 365 g/mol. The first-order chi connectivity index (χ1) is 9.24. The number of nitrogens with zero attached hydrogens (tertiary/aromatic N) is 3. The fraction of sp³-hybridized carbons (Fsp3) is 0.714. The molecule has 5 nitrogen and oxygen atoms in total. The summed E-state index contributed by atoms with van der Waals surface area (Å²) in [6.45, 7) is 3.49. The SMILES string of the molecule is Cc1cnn(CCN=C(N)NC2CCCCCC2)c1.I. The van der Waals surface area contributed by atoms with Crippen LogP contribution in [0.1, 0.15) is 44.1 Å². The number of hydrogen-bond acceptors (Lipinski definition) is 2. The first-order valence-corrected chi connectivity index (χ1v) is 7.29. The van der Waals surface area contributed by atoms with Gasteiger partial charge in [0.2, 0.25) is 0 Å². The van der Waals surface area contributed by atoms with E-state index in [1.807, 2.05) is 24.0 Å². The van der Waals surface area contributed by atoms with Gasteiger partial charge in [0.1, 0.15) is 0 Å². The van der Waals surface area contributed by atoms with E-state index in [9.17, 15) is 0 Å². The summed E-state index contributed by atoms with van der Waals surface area (Å²) >= 11 is 0. The van der Waals surface area contributed by atoms with Crippen LogP contribution in [0.3, 0.4) is 0 Å². The Bertz CT molecular complexity index is 407. The highest BCUT2D eigenvalue weighted by Gasteiger charge is 2.11. The molecule has 20 heavy (non-hydrogen) atoms. The number of aryl methyl sites for hydroxylation is 1. The third kappa shape index (κ3) is 6.11. The second-order valence-corrected chi connectivity index (χ2v) is 5.38. The first-order valence-electron chi connectivity index (χ1n) is 7.29. The summed E-state index contributed by atoms with van der Waals surface area (Å²) in [5.41, 5.74) is 7.11. The van der Waals surface area contributed by atoms with Crippen molar-refractivity contribution >= 4 is 29.9 Å². The van der Waals surface area contributed by atoms with E-state index < -0.39 is 0 Å². The Balaban J connectivity index is 0.00000200. The van der Waals surface area contributed by atoms with E-state index in [1.165, 1.54) is 44.1 Å². The van der Waals surface area contributed by atoms with Crippen molar-refractivity contribution in [2.24, 2.45) is 10.7 Å². The number of nitrogens with two attached hydrogens (primary N) is 1. The van der Waals surface area contributed by atoms with Gasteiger partial charge in [-0.25, -0.2) is 0 Å². The highest BCUT2D eigenvalue weighted by molar-refractivity contribution is 14.0. The maximum Gasteiger partial charge on any atom is 0.188 e. The predicted molar refractivity (Wildman–Crippen MR) is 93.5 cm³/mol. The van der Waals surface area contributed by atoms with Crippen molar-refractivity contribution in [1.82, 2.24) is 15.1 Å². The van der Waals surface area contributed by atoms with Gasteiger partial charge in [0.15, 0.2) is 5.96 Å². The minimum absolute atomic E-state index is 0. The Morgan fingerprint density at radius 1 is 1.40 bits per heavy atom. The molecule has 0 atom stereocenters.